The highest BCUT2D eigenvalue weighted by Gasteiger charge is 2.09. The van der Waals surface area contributed by atoms with Gasteiger partial charge in [-0.25, -0.2) is 4.79 Å². The van der Waals surface area contributed by atoms with Crippen LogP contribution in [0.5, 0.6) is 0 Å². The van der Waals surface area contributed by atoms with Crippen molar-refractivity contribution in [1.82, 2.24) is 15.1 Å². The Morgan fingerprint density at radius 3 is 2.80 bits per heavy atom. The molecule has 6 heteroatoms. The van der Waals surface area contributed by atoms with Crippen molar-refractivity contribution in [1.29, 1.82) is 0 Å². The summed E-state index contributed by atoms with van der Waals surface area (Å²) in [5.41, 5.74) is -0.00154. The quantitative estimate of drug-likeness (QED) is 0.678. The van der Waals surface area contributed by atoms with Gasteiger partial charge >= 0.3 is 5.97 Å². The standard InChI is InChI=1S/C14H23N3O3/c1-3-4-5-6-11(2)15-13(18)8-10-17-9-7-12(16-17)14(19)20/h7,9,11H,3-6,8,10H2,1-2H3,(H,15,18)(H,19,20). The van der Waals surface area contributed by atoms with E-state index in [1.54, 1.807) is 6.20 Å². The number of carbonyl (C=O) groups is 2. The molecule has 0 spiro atoms. The first kappa shape index (κ1) is 16.2. The van der Waals surface area contributed by atoms with E-state index >= 15 is 0 Å². The number of unbranched alkanes of at least 4 members (excludes halogenated alkanes) is 2. The maximum atomic E-state index is 11.7. The molecule has 1 aromatic rings. The van der Waals surface area contributed by atoms with E-state index in [0.29, 0.717) is 13.0 Å². The number of carboxylic acid groups (broad SMARTS) is 1. The van der Waals surface area contributed by atoms with Gasteiger partial charge < -0.3 is 10.4 Å². The van der Waals surface area contributed by atoms with Gasteiger partial charge in [-0.1, -0.05) is 26.2 Å². The SMILES string of the molecule is CCCCCC(C)NC(=O)CCn1ccc(C(=O)O)n1. The highest BCUT2D eigenvalue weighted by Crippen LogP contribution is 2.03. The molecule has 0 aromatic carbocycles. The molecule has 1 unspecified atom stereocenters. The van der Waals surface area contributed by atoms with Crippen LogP contribution in [0.3, 0.4) is 0 Å². The summed E-state index contributed by atoms with van der Waals surface area (Å²) in [5.74, 6) is -1.08. The first-order valence-corrected chi connectivity index (χ1v) is 7.09. The molecule has 112 valence electrons. The maximum absolute atomic E-state index is 11.7. The summed E-state index contributed by atoms with van der Waals surface area (Å²) < 4.78 is 1.48. The van der Waals surface area contributed by atoms with Crippen molar-refractivity contribution in [3.05, 3.63) is 18.0 Å². The molecular formula is C14H23N3O3. The number of carbonyl (C=O) groups excluding carboxylic acids is 1. The molecule has 0 fully saturated rings. The van der Waals surface area contributed by atoms with Gasteiger partial charge in [-0.2, -0.15) is 5.10 Å². The Morgan fingerprint density at radius 1 is 1.45 bits per heavy atom. The summed E-state index contributed by atoms with van der Waals surface area (Å²) in [6.07, 6.45) is 6.35. The van der Waals surface area contributed by atoms with Gasteiger partial charge in [0, 0.05) is 25.2 Å². The van der Waals surface area contributed by atoms with Crippen LogP contribution in [0.4, 0.5) is 0 Å². The van der Waals surface area contributed by atoms with E-state index in [9.17, 15) is 9.59 Å². The average molecular weight is 281 g/mol. The number of aryl methyl sites for hydroxylation is 1. The Morgan fingerprint density at radius 2 is 2.20 bits per heavy atom. The fraction of sp³-hybridized carbons (Fsp3) is 0.643. The minimum atomic E-state index is -1.06. The average Bonchev–Trinajstić information content (AvgIpc) is 2.85. The van der Waals surface area contributed by atoms with Gasteiger partial charge in [-0.05, 0) is 19.4 Å². The lowest BCUT2D eigenvalue weighted by molar-refractivity contribution is -0.122. The molecule has 2 N–H and O–H groups in total. The summed E-state index contributed by atoms with van der Waals surface area (Å²) in [6, 6.07) is 1.61. The smallest absolute Gasteiger partial charge is 0.356 e. The first-order valence-electron chi connectivity index (χ1n) is 7.09. The molecule has 0 saturated heterocycles. The molecule has 0 radical (unpaired) electrons. The van der Waals surface area contributed by atoms with Crippen LogP contribution in [0, 0.1) is 0 Å². The summed E-state index contributed by atoms with van der Waals surface area (Å²) in [4.78, 5) is 22.4. The predicted octanol–water partition coefficient (Wildman–Crippen LogP) is 2.06. The van der Waals surface area contributed by atoms with Gasteiger partial charge in [0.05, 0.1) is 0 Å². The van der Waals surface area contributed by atoms with E-state index in [4.69, 9.17) is 5.11 Å². The van der Waals surface area contributed by atoms with Gasteiger partial charge in [0.15, 0.2) is 5.69 Å². The molecule has 6 nitrogen and oxygen atoms in total. The monoisotopic (exact) mass is 281 g/mol. The zero-order valence-corrected chi connectivity index (χ0v) is 12.1. The molecule has 1 atom stereocenters. The Balaban J connectivity index is 2.26. The molecule has 1 amide bonds. The fourth-order valence-corrected chi connectivity index (χ4v) is 1.94. The van der Waals surface area contributed by atoms with Crippen LogP contribution in [0.15, 0.2) is 12.3 Å². The molecule has 1 rings (SSSR count). The van der Waals surface area contributed by atoms with E-state index in [1.807, 2.05) is 6.92 Å². The van der Waals surface area contributed by atoms with Crippen LogP contribution in [-0.2, 0) is 11.3 Å². The van der Waals surface area contributed by atoms with E-state index in [2.05, 4.69) is 17.3 Å². The van der Waals surface area contributed by atoms with Gasteiger partial charge in [-0.15, -0.1) is 0 Å². The molecular weight excluding hydrogens is 258 g/mol. The van der Waals surface area contributed by atoms with E-state index < -0.39 is 5.97 Å². The number of nitrogens with zero attached hydrogens (tertiary/aromatic N) is 2. The lowest BCUT2D eigenvalue weighted by Crippen LogP contribution is -2.33. The van der Waals surface area contributed by atoms with Crippen LogP contribution < -0.4 is 5.32 Å². The molecule has 20 heavy (non-hydrogen) atoms. The molecule has 0 aliphatic heterocycles. The van der Waals surface area contributed by atoms with Crippen LogP contribution in [-0.4, -0.2) is 32.8 Å². The minimum absolute atomic E-state index is 0.00154. The topological polar surface area (TPSA) is 84.2 Å². The molecule has 0 bridgehead atoms. The van der Waals surface area contributed by atoms with Crippen molar-refractivity contribution in [2.24, 2.45) is 0 Å². The van der Waals surface area contributed by atoms with Crippen molar-refractivity contribution in [2.45, 2.75) is 58.5 Å². The van der Waals surface area contributed by atoms with Gasteiger partial charge in [-0.3, -0.25) is 9.48 Å². The molecule has 0 saturated carbocycles. The van der Waals surface area contributed by atoms with E-state index in [1.165, 1.54) is 23.6 Å². The number of hydrogen-bond acceptors (Lipinski definition) is 3. The number of aromatic nitrogens is 2. The number of aromatic carboxylic acids is 1. The third-order valence-corrected chi connectivity index (χ3v) is 3.08. The van der Waals surface area contributed by atoms with Crippen molar-refractivity contribution in [3.63, 3.8) is 0 Å². The van der Waals surface area contributed by atoms with Crippen LogP contribution in [0.2, 0.25) is 0 Å². The van der Waals surface area contributed by atoms with Crippen molar-refractivity contribution >= 4 is 11.9 Å². The zero-order chi connectivity index (χ0) is 15.0. The number of amides is 1. The molecule has 0 aliphatic rings. The Hall–Kier alpha value is -1.85. The van der Waals surface area contributed by atoms with E-state index in [-0.39, 0.29) is 17.6 Å². The maximum Gasteiger partial charge on any atom is 0.356 e. The summed E-state index contributed by atoms with van der Waals surface area (Å²) >= 11 is 0. The van der Waals surface area contributed by atoms with Gasteiger partial charge in [0.25, 0.3) is 0 Å². The largest absolute Gasteiger partial charge is 0.476 e. The highest BCUT2D eigenvalue weighted by molar-refractivity contribution is 5.85. The third kappa shape index (κ3) is 5.86. The Bertz CT molecular complexity index is 443. The second-order valence-electron chi connectivity index (χ2n) is 4.98. The predicted molar refractivity (Wildman–Crippen MR) is 75.6 cm³/mol. The number of carboxylic acids is 1. The fourth-order valence-electron chi connectivity index (χ4n) is 1.94. The van der Waals surface area contributed by atoms with Crippen molar-refractivity contribution in [2.75, 3.05) is 0 Å². The lowest BCUT2D eigenvalue weighted by atomic mass is 10.1. The zero-order valence-electron chi connectivity index (χ0n) is 12.1. The summed E-state index contributed by atoms with van der Waals surface area (Å²) in [7, 11) is 0. The summed E-state index contributed by atoms with van der Waals surface area (Å²) in [6.45, 7) is 4.55. The highest BCUT2D eigenvalue weighted by atomic mass is 16.4. The molecule has 0 aliphatic carbocycles. The molecule has 1 heterocycles. The van der Waals surface area contributed by atoms with Gasteiger partial charge in [0.2, 0.25) is 5.91 Å². The molecule has 1 aromatic heterocycles. The van der Waals surface area contributed by atoms with Crippen LogP contribution in [0.1, 0.15) is 56.4 Å². The Kier molecular flexibility index (Phi) is 6.76. The van der Waals surface area contributed by atoms with Gasteiger partial charge in [0.1, 0.15) is 0 Å². The number of hydrogen-bond donors (Lipinski definition) is 2. The normalized spacial score (nSPS) is 12.1. The van der Waals surface area contributed by atoms with Crippen LogP contribution >= 0.6 is 0 Å². The van der Waals surface area contributed by atoms with Crippen molar-refractivity contribution in [3.8, 4) is 0 Å². The second kappa shape index (κ2) is 8.35. The van der Waals surface area contributed by atoms with E-state index in [0.717, 1.165) is 12.8 Å². The minimum Gasteiger partial charge on any atom is -0.476 e. The summed E-state index contributed by atoms with van der Waals surface area (Å²) in [5, 5.41) is 15.5. The Labute approximate surface area is 119 Å². The lowest BCUT2D eigenvalue weighted by Gasteiger charge is -2.13. The second-order valence-corrected chi connectivity index (χ2v) is 4.98. The first-order chi connectivity index (χ1) is 9.52. The number of nitrogens with one attached hydrogen (secondary N) is 1. The van der Waals surface area contributed by atoms with Crippen molar-refractivity contribution < 1.29 is 14.7 Å². The number of rotatable bonds is 9. The third-order valence-electron chi connectivity index (χ3n) is 3.08. The van der Waals surface area contributed by atoms with Crippen LogP contribution in [0.25, 0.3) is 0 Å².